The minimum absolute atomic E-state index is 0.616. The molecule has 0 unspecified atom stereocenters. The molecule has 0 aromatic carbocycles. The van der Waals surface area contributed by atoms with E-state index in [1.54, 1.807) is 0 Å². The van der Waals surface area contributed by atoms with Gasteiger partial charge in [0.2, 0.25) is 0 Å². The van der Waals surface area contributed by atoms with Crippen LogP contribution in [0.2, 0.25) is 0 Å². The third kappa shape index (κ3) is 5.90. The molecular weight excluding hydrogens is 488 g/mol. The van der Waals surface area contributed by atoms with E-state index in [0.29, 0.717) is 0 Å². The molecule has 15 atom stereocenters. The molecule has 204 valence electrons. The lowest BCUT2D eigenvalue weighted by atomic mass is 9.98. The van der Waals surface area contributed by atoms with Crippen LogP contribution >= 0.6 is 0 Å². The normalized spacial score (nSPS) is 51.2. The van der Waals surface area contributed by atoms with Crippen molar-refractivity contribution in [2.75, 3.05) is 13.2 Å². The summed E-state index contributed by atoms with van der Waals surface area (Å²) in [6, 6.07) is 0. The highest BCUT2D eigenvalue weighted by Crippen LogP contribution is 2.27. The van der Waals surface area contributed by atoms with Crippen LogP contribution in [0.3, 0.4) is 0 Å². The zero-order chi connectivity index (χ0) is 26.2. The van der Waals surface area contributed by atoms with Crippen LogP contribution < -0.4 is 0 Å². The maximum atomic E-state index is 11.2. The number of hydrogen-bond acceptors (Lipinski definition) is 16. The van der Waals surface area contributed by atoms with E-state index in [0.717, 1.165) is 0 Å². The fourth-order valence-electron chi connectivity index (χ4n) is 3.83. The molecule has 0 radical (unpaired) electrons. The summed E-state index contributed by atoms with van der Waals surface area (Å²) in [7, 11) is 0. The zero-order valence-electron chi connectivity index (χ0n) is 17.9. The van der Waals surface area contributed by atoms with Gasteiger partial charge in [-0.1, -0.05) is 0 Å². The van der Waals surface area contributed by atoms with Gasteiger partial charge in [0.1, 0.15) is 67.1 Å². The highest BCUT2D eigenvalue weighted by molar-refractivity contribution is 5.73. The lowest BCUT2D eigenvalue weighted by Crippen LogP contribution is -2.63. The van der Waals surface area contributed by atoms with Gasteiger partial charge in [0.15, 0.2) is 25.0 Å². The van der Waals surface area contributed by atoms with Gasteiger partial charge in [-0.25, -0.2) is 4.79 Å². The van der Waals surface area contributed by atoms with Gasteiger partial charge >= 0.3 is 5.97 Å². The predicted octanol–water partition coefficient (Wildman–Crippen LogP) is -7.48. The highest BCUT2D eigenvalue weighted by Gasteiger charge is 2.50. The minimum atomic E-state index is -1.95. The van der Waals surface area contributed by atoms with Crippen molar-refractivity contribution in [1.29, 1.82) is 0 Å². The average molecular weight is 518 g/mol. The van der Waals surface area contributed by atoms with Crippen LogP contribution in [0.5, 0.6) is 0 Å². The van der Waals surface area contributed by atoms with Crippen molar-refractivity contribution < 1.29 is 84.7 Å². The Balaban J connectivity index is 1.60. The van der Waals surface area contributed by atoms with Crippen molar-refractivity contribution in [3.05, 3.63) is 0 Å². The van der Waals surface area contributed by atoms with Crippen LogP contribution in [0.15, 0.2) is 0 Å². The van der Waals surface area contributed by atoms with Gasteiger partial charge < -0.3 is 79.9 Å². The largest absolute Gasteiger partial charge is 0.479 e. The Bertz CT molecular complexity index is 711. The number of ether oxygens (including phenoxy) is 5. The number of carbonyl (C=O) groups is 1. The molecular formula is C18H30O17. The third-order valence-electron chi connectivity index (χ3n) is 6.02. The van der Waals surface area contributed by atoms with Crippen molar-refractivity contribution in [2.45, 2.75) is 92.1 Å². The first-order chi connectivity index (χ1) is 16.3. The summed E-state index contributed by atoms with van der Waals surface area (Å²) >= 11 is 0. The monoisotopic (exact) mass is 518 g/mol. The molecule has 0 aromatic heterocycles. The van der Waals surface area contributed by atoms with Crippen LogP contribution in [0.4, 0.5) is 0 Å². The second-order valence-electron chi connectivity index (χ2n) is 8.45. The van der Waals surface area contributed by atoms with E-state index in [-0.39, 0.29) is 0 Å². The van der Waals surface area contributed by atoms with Crippen molar-refractivity contribution in [3.8, 4) is 0 Å². The van der Waals surface area contributed by atoms with E-state index in [9.17, 15) is 55.9 Å². The van der Waals surface area contributed by atoms with E-state index < -0.39 is 111 Å². The van der Waals surface area contributed by atoms with Gasteiger partial charge in [-0.2, -0.15) is 0 Å². The van der Waals surface area contributed by atoms with Gasteiger partial charge in [0, 0.05) is 0 Å². The smallest absolute Gasteiger partial charge is 0.335 e. The average Bonchev–Trinajstić information content (AvgIpc) is 2.82. The maximum Gasteiger partial charge on any atom is 0.335 e. The third-order valence-corrected chi connectivity index (χ3v) is 6.02. The number of rotatable bonds is 7. The van der Waals surface area contributed by atoms with Crippen LogP contribution in [0.25, 0.3) is 0 Å². The first kappa shape index (κ1) is 28.4. The molecule has 3 aliphatic heterocycles. The number of aliphatic hydroxyl groups is 10. The van der Waals surface area contributed by atoms with Crippen LogP contribution in [0.1, 0.15) is 0 Å². The molecule has 3 rings (SSSR count). The van der Waals surface area contributed by atoms with E-state index in [2.05, 4.69) is 0 Å². The van der Waals surface area contributed by atoms with Gasteiger partial charge in [0.05, 0.1) is 13.2 Å². The summed E-state index contributed by atoms with van der Waals surface area (Å²) in [5.41, 5.74) is 0. The van der Waals surface area contributed by atoms with Gasteiger partial charge in [-0.3, -0.25) is 0 Å². The summed E-state index contributed by atoms with van der Waals surface area (Å²) in [6.07, 6.45) is -26.6. The SMILES string of the molecule is O=C(O)[C@H]1O[C@@H](OC[C@H]2O[C@@H](OC[C@H]3O[C@@H](O)[C@H](O)[C@@H](O)[C@H]3O)[C@H](O)[C@@H](O)[C@H]2O)[C@H](O)[C@@H](O)[C@@H]1O. The fourth-order valence-corrected chi connectivity index (χ4v) is 3.83. The fraction of sp³-hybridized carbons (Fsp3) is 0.944. The van der Waals surface area contributed by atoms with E-state index in [4.69, 9.17) is 28.8 Å². The summed E-state index contributed by atoms with van der Waals surface area (Å²) in [6.45, 7) is -1.30. The van der Waals surface area contributed by atoms with Crippen molar-refractivity contribution in [3.63, 3.8) is 0 Å². The van der Waals surface area contributed by atoms with Crippen molar-refractivity contribution >= 4 is 5.97 Å². The molecule has 0 aliphatic carbocycles. The Morgan fingerprint density at radius 2 is 0.971 bits per heavy atom. The molecule has 0 bridgehead atoms. The van der Waals surface area contributed by atoms with Crippen LogP contribution in [-0.4, -0.2) is 167 Å². The molecule has 3 aliphatic rings. The Kier molecular flexibility index (Phi) is 9.35. The molecule has 0 amide bonds. The summed E-state index contributed by atoms with van der Waals surface area (Å²) < 4.78 is 25.7. The molecule has 3 saturated heterocycles. The highest BCUT2D eigenvalue weighted by atomic mass is 16.7. The number of hydrogen-bond donors (Lipinski definition) is 11. The lowest BCUT2D eigenvalue weighted by molar-refractivity contribution is -0.338. The number of carboxylic acids is 1. The Hall–Kier alpha value is -1.13. The van der Waals surface area contributed by atoms with Crippen LogP contribution in [-0.2, 0) is 28.5 Å². The standard InChI is InChI=1S/C18H30O17/c19-5-3(33-16(30)11(25)7(5)21)1-31-17-12(26)8(22)6(20)4(34-17)2-32-18-13(27)9(23)10(24)14(35-18)15(28)29/h3-14,16-27,30H,1-2H2,(H,28,29)/t3-,4-,5+,6+,7+,8+,9+,10+,11-,12-,13-,14+,16-,17-,18-/m1/s1. The van der Waals surface area contributed by atoms with Crippen molar-refractivity contribution in [2.24, 2.45) is 0 Å². The molecule has 0 aromatic rings. The van der Waals surface area contributed by atoms with E-state index in [1.807, 2.05) is 0 Å². The first-order valence-electron chi connectivity index (χ1n) is 10.6. The second-order valence-corrected chi connectivity index (χ2v) is 8.45. The number of aliphatic hydroxyl groups excluding tert-OH is 10. The molecule has 3 heterocycles. The molecule has 11 N–H and O–H groups in total. The minimum Gasteiger partial charge on any atom is -0.479 e. The van der Waals surface area contributed by atoms with E-state index in [1.165, 1.54) is 0 Å². The van der Waals surface area contributed by atoms with E-state index >= 15 is 0 Å². The first-order valence-corrected chi connectivity index (χ1v) is 10.6. The quantitative estimate of drug-likeness (QED) is 0.149. The zero-order valence-corrected chi connectivity index (χ0v) is 17.9. The van der Waals surface area contributed by atoms with Gasteiger partial charge in [-0.15, -0.1) is 0 Å². The Morgan fingerprint density at radius 1 is 0.543 bits per heavy atom. The molecule has 0 spiro atoms. The predicted molar refractivity (Wildman–Crippen MR) is 102 cm³/mol. The Morgan fingerprint density at radius 3 is 1.49 bits per heavy atom. The molecule has 0 saturated carbocycles. The Labute approximate surface area is 196 Å². The number of carboxylic acid groups (broad SMARTS) is 1. The second kappa shape index (κ2) is 11.5. The summed E-state index contributed by atoms with van der Waals surface area (Å²) in [5, 5.41) is 108. The summed E-state index contributed by atoms with van der Waals surface area (Å²) in [4.78, 5) is 11.2. The molecule has 17 heteroatoms. The molecule has 3 fully saturated rings. The lowest BCUT2D eigenvalue weighted by Gasteiger charge is -2.43. The maximum absolute atomic E-state index is 11.2. The molecule has 35 heavy (non-hydrogen) atoms. The number of aliphatic carboxylic acids is 1. The topological polar surface area (TPSA) is 286 Å². The molecule has 17 nitrogen and oxygen atoms in total. The van der Waals surface area contributed by atoms with Gasteiger partial charge in [-0.05, 0) is 0 Å². The van der Waals surface area contributed by atoms with Crippen LogP contribution in [0, 0.1) is 0 Å². The summed E-state index contributed by atoms with van der Waals surface area (Å²) in [5.74, 6) is -1.65. The van der Waals surface area contributed by atoms with Gasteiger partial charge in [0.25, 0.3) is 0 Å². The van der Waals surface area contributed by atoms with Crippen molar-refractivity contribution in [1.82, 2.24) is 0 Å².